The molecule has 0 aliphatic carbocycles. The van der Waals surface area contributed by atoms with Crippen molar-refractivity contribution < 1.29 is 18.4 Å². The Labute approximate surface area is 146 Å². The molecule has 2 aromatic carbocycles. The number of ketones is 1. The summed E-state index contributed by atoms with van der Waals surface area (Å²) < 4.78 is 26.1. The smallest absolute Gasteiger partial charge is 0.220 e. The third-order valence-electron chi connectivity index (χ3n) is 3.97. The topological polar surface area (TPSA) is 46.2 Å². The lowest BCUT2D eigenvalue weighted by molar-refractivity contribution is -0.121. The number of Topliss-reactive ketones (excluding diaryl/α,β-unsaturated/α-hetero) is 1. The summed E-state index contributed by atoms with van der Waals surface area (Å²) in [5.74, 6) is -1.95. The average molecular weight is 345 g/mol. The Bertz CT molecular complexity index is 732. The summed E-state index contributed by atoms with van der Waals surface area (Å²) in [5.41, 5.74) is 1.19. The molecule has 0 spiro atoms. The Morgan fingerprint density at radius 2 is 1.64 bits per heavy atom. The Morgan fingerprint density at radius 1 is 0.960 bits per heavy atom. The number of carbonyl (C=O) groups is 2. The highest BCUT2D eigenvalue weighted by molar-refractivity contribution is 5.95. The summed E-state index contributed by atoms with van der Waals surface area (Å²) in [4.78, 5) is 23.9. The van der Waals surface area contributed by atoms with Crippen LogP contribution < -0.4 is 5.32 Å². The van der Waals surface area contributed by atoms with E-state index in [9.17, 15) is 18.4 Å². The van der Waals surface area contributed by atoms with Crippen LogP contribution in [0.3, 0.4) is 0 Å². The second-order valence-corrected chi connectivity index (χ2v) is 5.96. The molecule has 25 heavy (non-hydrogen) atoms. The molecule has 0 fully saturated rings. The Kier molecular flexibility index (Phi) is 6.81. The first kappa shape index (κ1) is 18.8. The molecular weight excluding hydrogens is 324 g/mol. The zero-order chi connectivity index (χ0) is 18.2. The van der Waals surface area contributed by atoms with E-state index >= 15 is 0 Å². The fraction of sp³-hybridized carbons (Fsp3) is 0.300. The van der Waals surface area contributed by atoms with Crippen LogP contribution in [-0.4, -0.2) is 11.7 Å². The number of unbranched alkanes of at least 4 members (excludes halogenated alkanes) is 1. The molecule has 132 valence electrons. The van der Waals surface area contributed by atoms with E-state index in [0.29, 0.717) is 30.4 Å². The van der Waals surface area contributed by atoms with E-state index in [-0.39, 0.29) is 18.1 Å². The Balaban J connectivity index is 1.71. The number of nitrogens with one attached hydrogen (secondary N) is 1. The zero-order valence-electron chi connectivity index (χ0n) is 14.1. The highest BCUT2D eigenvalue weighted by Crippen LogP contribution is 2.16. The van der Waals surface area contributed by atoms with Gasteiger partial charge < -0.3 is 5.32 Å². The summed E-state index contributed by atoms with van der Waals surface area (Å²) in [6.45, 7) is 1.71. The van der Waals surface area contributed by atoms with Gasteiger partial charge >= 0.3 is 0 Å². The summed E-state index contributed by atoms with van der Waals surface area (Å²) in [6, 6.07) is 12.2. The van der Waals surface area contributed by atoms with Gasteiger partial charge in [0.1, 0.15) is 0 Å². The Hall–Kier alpha value is -2.56. The van der Waals surface area contributed by atoms with Gasteiger partial charge in [0.2, 0.25) is 5.91 Å². The van der Waals surface area contributed by atoms with Crippen molar-refractivity contribution in [2.24, 2.45) is 0 Å². The lowest BCUT2D eigenvalue weighted by Crippen LogP contribution is -2.26. The van der Waals surface area contributed by atoms with Gasteiger partial charge in [0.15, 0.2) is 17.4 Å². The SMILES string of the molecule is C[C@H](NC(=O)CCCCC(=O)c1ccccc1)c1ccc(F)c(F)c1. The van der Waals surface area contributed by atoms with E-state index < -0.39 is 17.7 Å². The van der Waals surface area contributed by atoms with Crippen molar-refractivity contribution in [2.45, 2.75) is 38.6 Å². The number of benzene rings is 2. The molecular formula is C20H21F2NO2. The minimum absolute atomic E-state index is 0.0659. The number of rotatable bonds is 8. The van der Waals surface area contributed by atoms with Crippen LogP contribution in [0.1, 0.15) is 54.6 Å². The lowest BCUT2D eigenvalue weighted by Gasteiger charge is -2.14. The summed E-state index contributed by atoms with van der Waals surface area (Å²) in [6.07, 6.45) is 1.90. The van der Waals surface area contributed by atoms with Crippen molar-refractivity contribution in [2.75, 3.05) is 0 Å². The molecule has 0 aromatic heterocycles. The first-order valence-electron chi connectivity index (χ1n) is 8.30. The van der Waals surface area contributed by atoms with Crippen molar-refractivity contribution in [1.82, 2.24) is 5.32 Å². The third-order valence-corrected chi connectivity index (χ3v) is 3.97. The van der Waals surface area contributed by atoms with Crippen molar-refractivity contribution in [3.05, 3.63) is 71.3 Å². The molecule has 0 unspecified atom stereocenters. The monoisotopic (exact) mass is 345 g/mol. The molecule has 0 aliphatic heterocycles. The van der Waals surface area contributed by atoms with E-state index in [0.717, 1.165) is 12.1 Å². The van der Waals surface area contributed by atoms with Gasteiger partial charge in [-0.2, -0.15) is 0 Å². The molecule has 2 aromatic rings. The minimum Gasteiger partial charge on any atom is -0.350 e. The molecule has 0 radical (unpaired) electrons. The van der Waals surface area contributed by atoms with Crippen molar-refractivity contribution in [3.8, 4) is 0 Å². The van der Waals surface area contributed by atoms with Crippen LogP contribution in [0.5, 0.6) is 0 Å². The number of hydrogen-bond donors (Lipinski definition) is 1. The van der Waals surface area contributed by atoms with Gasteiger partial charge in [-0.05, 0) is 37.5 Å². The zero-order valence-corrected chi connectivity index (χ0v) is 14.1. The van der Waals surface area contributed by atoms with Gasteiger partial charge in [0, 0.05) is 18.4 Å². The normalized spacial score (nSPS) is 11.8. The first-order valence-corrected chi connectivity index (χ1v) is 8.30. The Morgan fingerprint density at radius 3 is 2.32 bits per heavy atom. The van der Waals surface area contributed by atoms with Gasteiger partial charge in [0.05, 0.1) is 6.04 Å². The molecule has 1 N–H and O–H groups in total. The van der Waals surface area contributed by atoms with Gasteiger partial charge in [0.25, 0.3) is 0 Å². The van der Waals surface area contributed by atoms with Crippen LogP contribution in [0.4, 0.5) is 8.78 Å². The van der Waals surface area contributed by atoms with Crippen LogP contribution in [-0.2, 0) is 4.79 Å². The van der Waals surface area contributed by atoms with Crippen molar-refractivity contribution in [3.63, 3.8) is 0 Å². The van der Waals surface area contributed by atoms with Crippen LogP contribution in [0, 0.1) is 11.6 Å². The highest BCUT2D eigenvalue weighted by Gasteiger charge is 2.12. The first-order chi connectivity index (χ1) is 12.0. The predicted molar refractivity (Wildman–Crippen MR) is 92.2 cm³/mol. The number of halogens is 2. The van der Waals surface area contributed by atoms with Crippen LogP contribution in [0.2, 0.25) is 0 Å². The standard InChI is InChI=1S/C20H21F2NO2/c1-14(16-11-12-17(21)18(22)13-16)23-20(25)10-6-5-9-19(24)15-7-3-2-4-8-15/h2-4,7-8,11-14H,5-6,9-10H2,1H3,(H,23,25)/t14-/m0/s1. The van der Waals surface area contributed by atoms with E-state index in [4.69, 9.17) is 0 Å². The summed E-state index contributed by atoms with van der Waals surface area (Å²) in [7, 11) is 0. The van der Waals surface area contributed by atoms with Crippen LogP contribution in [0.15, 0.2) is 48.5 Å². The fourth-order valence-electron chi connectivity index (χ4n) is 2.52. The van der Waals surface area contributed by atoms with E-state index in [1.807, 2.05) is 18.2 Å². The second-order valence-electron chi connectivity index (χ2n) is 5.96. The number of amides is 1. The second kappa shape index (κ2) is 9.06. The molecule has 2 rings (SSSR count). The summed E-state index contributed by atoms with van der Waals surface area (Å²) >= 11 is 0. The lowest BCUT2D eigenvalue weighted by atomic mass is 10.0. The predicted octanol–water partition coefficient (Wildman–Crippen LogP) is 4.59. The molecule has 3 nitrogen and oxygen atoms in total. The van der Waals surface area contributed by atoms with Gasteiger partial charge in [-0.1, -0.05) is 36.4 Å². The average Bonchev–Trinajstić information content (AvgIpc) is 2.61. The van der Waals surface area contributed by atoms with Gasteiger partial charge in [-0.15, -0.1) is 0 Å². The van der Waals surface area contributed by atoms with Crippen LogP contribution >= 0.6 is 0 Å². The molecule has 5 heteroatoms. The molecule has 0 saturated carbocycles. The van der Waals surface area contributed by atoms with Crippen LogP contribution in [0.25, 0.3) is 0 Å². The maximum absolute atomic E-state index is 13.2. The largest absolute Gasteiger partial charge is 0.350 e. The summed E-state index contributed by atoms with van der Waals surface area (Å²) in [5, 5.41) is 2.75. The minimum atomic E-state index is -0.932. The molecule has 0 aliphatic rings. The quantitative estimate of drug-likeness (QED) is 0.562. The molecule has 0 saturated heterocycles. The van der Waals surface area contributed by atoms with Crippen molar-refractivity contribution in [1.29, 1.82) is 0 Å². The van der Waals surface area contributed by atoms with E-state index in [1.165, 1.54) is 6.07 Å². The van der Waals surface area contributed by atoms with Gasteiger partial charge in [-0.3, -0.25) is 9.59 Å². The molecule has 0 heterocycles. The van der Waals surface area contributed by atoms with Crippen molar-refractivity contribution >= 4 is 11.7 Å². The number of hydrogen-bond acceptors (Lipinski definition) is 2. The molecule has 1 atom stereocenters. The third kappa shape index (κ3) is 5.78. The van der Waals surface area contributed by atoms with Gasteiger partial charge in [-0.25, -0.2) is 8.78 Å². The maximum Gasteiger partial charge on any atom is 0.220 e. The molecule has 1 amide bonds. The fourth-order valence-corrected chi connectivity index (χ4v) is 2.52. The molecule has 0 bridgehead atoms. The van der Waals surface area contributed by atoms with E-state index in [2.05, 4.69) is 5.32 Å². The van der Waals surface area contributed by atoms with E-state index in [1.54, 1.807) is 19.1 Å². The number of carbonyl (C=O) groups excluding carboxylic acids is 2. The maximum atomic E-state index is 13.2. The highest BCUT2D eigenvalue weighted by atomic mass is 19.2.